The molecule has 8 nitrogen and oxygen atoms in total. The molecule has 0 aliphatic rings. The largest absolute Gasteiger partial charge is 0.369 e. The summed E-state index contributed by atoms with van der Waals surface area (Å²) in [5, 5.41) is 6.89. The lowest BCUT2D eigenvalue weighted by Gasteiger charge is -2.08. The van der Waals surface area contributed by atoms with Crippen LogP contribution in [0.3, 0.4) is 0 Å². The van der Waals surface area contributed by atoms with Gasteiger partial charge in [0.25, 0.3) is 0 Å². The Bertz CT molecular complexity index is 525. The number of nitrogens with one attached hydrogen (secondary N) is 2. The summed E-state index contributed by atoms with van der Waals surface area (Å²) in [5.41, 5.74) is 3.34. The van der Waals surface area contributed by atoms with Gasteiger partial charge in [-0.05, 0) is 13.8 Å². The molecule has 2 aromatic rings. The summed E-state index contributed by atoms with van der Waals surface area (Å²) in [4.78, 5) is 12.3. The van der Waals surface area contributed by atoms with Crippen molar-refractivity contribution in [3.63, 3.8) is 0 Å². The van der Waals surface area contributed by atoms with Gasteiger partial charge < -0.3 is 9.84 Å². The Kier molecular flexibility index (Phi) is 3.68. The molecule has 0 aliphatic carbocycles. The Morgan fingerprint density at radius 2 is 2.17 bits per heavy atom. The summed E-state index contributed by atoms with van der Waals surface area (Å²) in [6.45, 7) is 4.34. The number of hydrogen-bond donors (Lipinski definition) is 3. The normalized spacial score (nSPS) is 10.4. The third-order valence-electron chi connectivity index (χ3n) is 2.30. The lowest BCUT2D eigenvalue weighted by Crippen LogP contribution is -2.13. The molecule has 0 aliphatic heterocycles. The third kappa shape index (κ3) is 2.92. The number of rotatable bonds is 5. The van der Waals surface area contributed by atoms with Crippen LogP contribution in [0.1, 0.15) is 17.3 Å². The first-order valence-corrected chi connectivity index (χ1v) is 5.52. The van der Waals surface area contributed by atoms with Crippen LogP contribution in [0, 0.1) is 13.8 Å². The Balaban J connectivity index is 1.93. The second kappa shape index (κ2) is 5.41. The minimum atomic E-state index is 0.372. The zero-order valence-corrected chi connectivity index (χ0v) is 10.3. The van der Waals surface area contributed by atoms with E-state index in [0.29, 0.717) is 30.6 Å². The van der Waals surface area contributed by atoms with Gasteiger partial charge in [-0.1, -0.05) is 5.16 Å². The zero-order valence-electron chi connectivity index (χ0n) is 10.3. The highest BCUT2D eigenvalue weighted by atomic mass is 16.5. The van der Waals surface area contributed by atoms with E-state index in [1.165, 1.54) is 0 Å². The molecule has 96 valence electrons. The van der Waals surface area contributed by atoms with E-state index in [-0.39, 0.29) is 0 Å². The van der Waals surface area contributed by atoms with Gasteiger partial charge in [-0.2, -0.15) is 9.97 Å². The van der Waals surface area contributed by atoms with Crippen LogP contribution in [0.25, 0.3) is 0 Å². The highest BCUT2D eigenvalue weighted by Crippen LogP contribution is 2.11. The van der Waals surface area contributed by atoms with E-state index in [1.807, 2.05) is 6.92 Å². The van der Waals surface area contributed by atoms with Crippen LogP contribution in [0.15, 0.2) is 10.7 Å². The Morgan fingerprint density at radius 3 is 2.83 bits per heavy atom. The lowest BCUT2D eigenvalue weighted by molar-refractivity contribution is 0.377. The van der Waals surface area contributed by atoms with E-state index in [1.54, 1.807) is 13.1 Å². The molecule has 18 heavy (non-hydrogen) atoms. The van der Waals surface area contributed by atoms with Crippen molar-refractivity contribution in [1.82, 2.24) is 20.1 Å². The van der Waals surface area contributed by atoms with Crippen LogP contribution in [0.5, 0.6) is 0 Å². The van der Waals surface area contributed by atoms with Crippen LogP contribution >= 0.6 is 0 Å². The van der Waals surface area contributed by atoms with Gasteiger partial charge in [-0.25, -0.2) is 10.8 Å². The molecule has 0 amide bonds. The van der Waals surface area contributed by atoms with Crippen molar-refractivity contribution in [3.8, 4) is 0 Å². The summed E-state index contributed by atoms with van der Waals surface area (Å²) >= 11 is 0. The van der Waals surface area contributed by atoms with Crippen molar-refractivity contribution in [2.45, 2.75) is 20.3 Å². The third-order valence-corrected chi connectivity index (χ3v) is 2.30. The summed E-state index contributed by atoms with van der Waals surface area (Å²) in [5.74, 6) is 7.60. The molecule has 0 bridgehead atoms. The van der Waals surface area contributed by atoms with E-state index in [0.717, 1.165) is 11.4 Å². The van der Waals surface area contributed by atoms with Crippen molar-refractivity contribution >= 4 is 11.8 Å². The van der Waals surface area contributed by atoms with Crippen molar-refractivity contribution < 1.29 is 4.52 Å². The number of nitrogen functional groups attached to an aromatic ring is 1. The van der Waals surface area contributed by atoms with Gasteiger partial charge in [0.2, 0.25) is 11.8 Å². The topological polar surface area (TPSA) is 115 Å². The molecule has 4 N–H and O–H groups in total. The van der Waals surface area contributed by atoms with Gasteiger partial charge in [0.1, 0.15) is 5.82 Å². The lowest BCUT2D eigenvalue weighted by atomic mass is 10.3. The molecule has 0 saturated carbocycles. The molecule has 0 radical (unpaired) electrons. The smallest absolute Gasteiger partial charge is 0.239 e. The van der Waals surface area contributed by atoms with E-state index >= 15 is 0 Å². The highest BCUT2D eigenvalue weighted by Gasteiger charge is 2.05. The molecule has 0 unspecified atom stereocenters. The fourth-order valence-corrected chi connectivity index (χ4v) is 1.42. The number of hydrazine groups is 1. The number of aryl methyl sites for hydroxylation is 2. The number of hydrogen-bond acceptors (Lipinski definition) is 8. The fourth-order valence-electron chi connectivity index (χ4n) is 1.42. The van der Waals surface area contributed by atoms with Gasteiger partial charge in [-0.15, -0.1) is 0 Å². The quantitative estimate of drug-likeness (QED) is 0.515. The molecule has 2 rings (SSSR count). The van der Waals surface area contributed by atoms with Crippen LogP contribution in [0.2, 0.25) is 0 Å². The van der Waals surface area contributed by atoms with E-state index in [9.17, 15) is 0 Å². The minimum absolute atomic E-state index is 0.372. The van der Waals surface area contributed by atoms with Crippen LogP contribution in [0.4, 0.5) is 11.8 Å². The second-order valence-electron chi connectivity index (χ2n) is 3.78. The van der Waals surface area contributed by atoms with E-state index in [2.05, 4.69) is 30.9 Å². The van der Waals surface area contributed by atoms with E-state index in [4.69, 9.17) is 10.4 Å². The first kappa shape index (κ1) is 12.2. The summed E-state index contributed by atoms with van der Waals surface area (Å²) in [6.07, 6.45) is 2.33. The Labute approximate surface area is 104 Å². The highest BCUT2D eigenvalue weighted by molar-refractivity contribution is 5.45. The Hall–Kier alpha value is -2.22. The van der Waals surface area contributed by atoms with Gasteiger partial charge in [0, 0.05) is 24.7 Å². The predicted octanol–water partition coefficient (Wildman–Crippen LogP) is 0.417. The summed E-state index contributed by atoms with van der Waals surface area (Å²) < 4.78 is 5.01. The van der Waals surface area contributed by atoms with Gasteiger partial charge in [-0.3, -0.25) is 5.43 Å². The standard InChI is InChI=1S/C10H15N7O/c1-6-5-13-10(16-11)15-9(6)12-4-3-8-14-7(2)17-18-8/h5H,3-4,11H2,1-2H3,(H2,12,13,15,16). The monoisotopic (exact) mass is 249 g/mol. The predicted molar refractivity (Wildman–Crippen MR) is 65.8 cm³/mol. The molecule has 0 saturated heterocycles. The molecule has 0 fully saturated rings. The molecule has 0 aromatic carbocycles. The molecule has 8 heteroatoms. The van der Waals surface area contributed by atoms with Crippen LogP contribution in [-0.4, -0.2) is 26.7 Å². The van der Waals surface area contributed by atoms with Gasteiger partial charge in [0.15, 0.2) is 5.82 Å². The minimum Gasteiger partial charge on any atom is -0.369 e. The molecular weight excluding hydrogens is 234 g/mol. The molecule has 2 aromatic heterocycles. The fraction of sp³-hybridized carbons (Fsp3) is 0.400. The first-order chi connectivity index (χ1) is 8.69. The first-order valence-electron chi connectivity index (χ1n) is 5.52. The molecule has 0 atom stereocenters. The number of anilines is 2. The van der Waals surface area contributed by atoms with Gasteiger partial charge in [0.05, 0.1) is 0 Å². The number of aromatic nitrogens is 4. The molecule has 0 spiro atoms. The average molecular weight is 249 g/mol. The number of nitrogens with zero attached hydrogens (tertiary/aromatic N) is 4. The van der Waals surface area contributed by atoms with Crippen molar-refractivity contribution in [1.29, 1.82) is 0 Å². The van der Waals surface area contributed by atoms with Crippen LogP contribution in [-0.2, 0) is 6.42 Å². The molecular formula is C10H15N7O. The number of nitrogens with two attached hydrogens (primary N) is 1. The van der Waals surface area contributed by atoms with Crippen molar-refractivity contribution in [2.24, 2.45) is 5.84 Å². The Morgan fingerprint density at radius 1 is 1.33 bits per heavy atom. The second-order valence-corrected chi connectivity index (χ2v) is 3.78. The van der Waals surface area contributed by atoms with Gasteiger partial charge >= 0.3 is 0 Å². The maximum absolute atomic E-state index is 5.26. The van der Waals surface area contributed by atoms with Crippen molar-refractivity contribution in [3.05, 3.63) is 23.5 Å². The van der Waals surface area contributed by atoms with Crippen molar-refractivity contribution in [2.75, 3.05) is 17.3 Å². The maximum Gasteiger partial charge on any atom is 0.239 e. The maximum atomic E-state index is 5.26. The average Bonchev–Trinajstić information content (AvgIpc) is 2.77. The summed E-state index contributed by atoms with van der Waals surface area (Å²) in [6, 6.07) is 0. The summed E-state index contributed by atoms with van der Waals surface area (Å²) in [7, 11) is 0. The van der Waals surface area contributed by atoms with Crippen LogP contribution < -0.4 is 16.6 Å². The SMILES string of the molecule is Cc1noc(CCNc2nc(NN)ncc2C)n1. The molecule has 2 heterocycles. The zero-order chi connectivity index (χ0) is 13.0. The van der Waals surface area contributed by atoms with E-state index < -0.39 is 0 Å².